The predicted molar refractivity (Wildman–Crippen MR) is 123 cm³/mol. The van der Waals surface area contributed by atoms with E-state index in [1.54, 1.807) is 28.8 Å². The Morgan fingerprint density at radius 1 is 1.24 bits per heavy atom. The molecule has 4 aromatic heterocycles. The molecule has 33 heavy (non-hydrogen) atoms. The minimum Gasteiger partial charge on any atom is -0.354 e. The molecule has 1 aliphatic rings. The molecule has 0 saturated carbocycles. The maximum absolute atomic E-state index is 12.7. The van der Waals surface area contributed by atoms with Crippen LogP contribution in [0.15, 0.2) is 42.9 Å². The number of nitrogens with one attached hydrogen (secondary N) is 2. The standard InChI is InChI=1S/C24H23N7O2/c1-2-5-22(32)30-13-4-7-21(30)24(33)26-11-8-16-14-18-17(9-12-25-23(18)29-16)19-15-28-31-20(19)6-3-10-27-31/h3,6,9-10,12,14-15,21H,4,7-8,11,13H2,1H3,(H,25,29)(H,26,33). The van der Waals surface area contributed by atoms with Gasteiger partial charge < -0.3 is 15.2 Å². The van der Waals surface area contributed by atoms with Crippen LogP contribution >= 0.6 is 0 Å². The van der Waals surface area contributed by atoms with Crippen molar-refractivity contribution in [1.29, 1.82) is 0 Å². The summed E-state index contributed by atoms with van der Waals surface area (Å²) in [6.07, 6.45) is 7.37. The Morgan fingerprint density at radius 3 is 3.03 bits per heavy atom. The molecule has 1 unspecified atom stereocenters. The van der Waals surface area contributed by atoms with Gasteiger partial charge in [-0.05, 0) is 55.5 Å². The molecule has 2 amide bonds. The van der Waals surface area contributed by atoms with E-state index in [-0.39, 0.29) is 11.8 Å². The number of aromatic amines is 1. The SMILES string of the molecule is CC#CC(=O)N1CCCC1C(=O)NCCc1cc2c(-c3cnn4ncccc34)ccnc2[nH]1. The van der Waals surface area contributed by atoms with Crippen molar-refractivity contribution in [2.45, 2.75) is 32.2 Å². The summed E-state index contributed by atoms with van der Waals surface area (Å²) in [5.74, 6) is 4.73. The second-order valence-electron chi connectivity index (χ2n) is 7.94. The summed E-state index contributed by atoms with van der Waals surface area (Å²) in [6, 6.07) is 7.45. The van der Waals surface area contributed by atoms with E-state index >= 15 is 0 Å². The summed E-state index contributed by atoms with van der Waals surface area (Å²) in [4.78, 5) is 34.2. The summed E-state index contributed by atoms with van der Waals surface area (Å²) < 4.78 is 1.60. The summed E-state index contributed by atoms with van der Waals surface area (Å²) in [5.41, 5.74) is 4.67. The number of hydrogen-bond donors (Lipinski definition) is 2. The largest absolute Gasteiger partial charge is 0.354 e. The highest BCUT2D eigenvalue weighted by molar-refractivity contribution is 5.98. The minimum absolute atomic E-state index is 0.132. The fourth-order valence-electron chi connectivity index (χ4n) is 4.39. The number of likely N-dealkylation sites (tertiary alicyclic amines) is 1. The Balaban J connectivity index is 1.30. The monoisotopic (exact) mass is 441 g/mol. The van der Waals surface area contributed by atoms with Crippen molar-refractivity contribution in [3.63, 3.8) is 0 Å². The number of hydrogen-bond acceptors (Lipinski definition) is 5. The first-order valence-corrected chi connectivity index (χ1v) is 10.9. The van der Waals surface area contributed by atoms with Crippen molar-refractivity contribution in [3.8, 4) is 23.0 Å². The normalized spacial score (nSPS) is 15.5. The predicted octanol–water partition coefficient (Wildman–Crippen LogP) is 1.95. The molecule has 1 fully saturated rings. The van der Waals surface area contributed by atoms with Crippen LogP contribution < -0.4 is 5.32 Å². The zero-order valence-corrected chi connectivity index (χ0v) is 18.2. The van der Waals surface area contributed by atoms with Crippen molar-refractivity contribution in [2.24, 2.45) is 0 Å². The molecule has 1 saturated heterocycles. The first kappa shape index (κ1) is 20.7. The first-order chi connectivity index (χ1) is 16.2. The van der Waals surface area contributed by atoms with Crippen LogP contribution in [-0.4, -0.2) is 60.6 Å². The smallest absolute Gasteiger partial charge is 0.299 e. The van der Waals surface area contributed by atoms with Gasteiger partial charge >= 0.3 is 0 Å². The van der Waals surface area contributed by atoms with Crippen LogP contribution in [0.3, 0.4) is 0 Å². The number of fused-ring (bicyclic) bond motifs is 2. The fourth-order valence-corrected chi connectivity index (χ4v) is 4.39. The van der Waals surface area contributed by atoms with Gasteiger partial charge in [-0.2, -0.15) is 14.8 Å². The highest BCUT2D eigenvalue weighted by Crippen LogP contribution is 2.30. The summed E-state index contributed by atoms with van der Waals surface area (Å²) >= 11 is 0. The lowest BCUT2D eigenvalue weighted by Gasteiger charge is -2.21. The lowest BCUT2D eigenvalue weighted by atomic mass is 10.1. The summed E-state index contributed by atoms with van der Waals surface area (Å²) in [6.45, 7) is 2.65. The first-order valence-electron chi connectivity index (χ1n) is 10.9. The van der Waals surface area contributed by atoms with Crippen LogP contribution in [-0.2, 0) is 16.0 Å². The lowest BCUT2D eigenvalue weighted by molar-refractivity contribution is -0.134. The molecule has 0 aliphatic carbocycles. The number of H-pyrrole nitrogens is 1. The van der Waals surface area contributed by atoms with E-state index in [1.807, 2.05) is 24.4 Å². The quantitative estimate of drug-likeness (QED) is 0.460. The molecular formula is C24H23N7O2. The van der Waals surface area contributed by atoms with E-state index in [0.29, 0.717) is 25.9 Å². The Hall–Kier alpha value is -4.19. The van der Waals surface area contributed by atoms with Crippen molar-refractivity contribution in [1.82, 2.24) is 35.0 Å². The van der Waals surface area contributed by atoms with Crippen LogP contribution in [0.2, 0.25) is 0 Å². The zero-order chi connectivity index (χ0) is 22.8. The van der Waals surface area contributed by atoms with Gasteiger partial charge in [0.2, 0.25) is 5.91 Å². The molecule has 5 rings (SSSR count). The van der Waals surface area contributed by atoms with E-state index in [4.69, 9.17) is 0 Å². The molecule has 0 spiro atoms. The van der Waals surface area contributed by atoms with Gasteiger partial charge in [0, 0.05) is 48.5 Å². The van der Waals surface area contributed by atoms with Crippen molar-refractivity contribution >= 4 is 28.4 Å². The molecule has 0 bridgehead atoms. The summed E-state index contributed by atoms with van der Waals surface area (Å²) in [7, 11) is 0. The van der Waals surface area contributed by atoms with E-state index in [1.165, 1.54) is 0 Å². The average molecular weight is 441 g/mol. The van der Waals surface area contributed by atoms with Gasteiger partial charge in [-0.1, -0.05) is 5.92 Å². The minimum atomic E-state index is -0.446. The number of amides is 2. The van der Waals surface area contributed by atoms with Gasteiger partial charge in [-0.15, -0.1) is 0 Å². The molecule has 9 heteroatoms. The Labute approximate surface area is 190 Å². The van der Waals surface area contributed by atoms with Gasteiger partial charge in [0.25, 0.3) is 5.91 Å². The molecule has 0 aromatic carbocycles. The van der Waals surface area contributed by atoms with E-state index < -0.39 is 6.04 Å². The van der Waals surface area contributed by atoms with Gasteiger partial charge in [0.05, 0.1) is 11.7 Å². The van der Waals surface area contributed by atoms with Crippen molar-refractivity contribution < 1.29 is 9.59 Å². The molecule has 9 nitrogen and oxygen atoms in total. The molecule has 1 atom stereocenters. The van der Waals surface area contributed by atoms with Crippen molar-refractivity contribution in [2.75, 3.05) is 13.1 Å². The lowest BCUT2D eigenvalue weighted by Crippen LogP contribution is -2.46. The topological polar surface area (TPSA) is 108 Å². The molecule has 4 aromatic rings. The molecule has 5 heterocycles. The number of carbonyl (C=O) groups excluding carboxylic acids is 2. The fraction of sp³-hybridized carbons (Fsp3) is 0.292. The van der Waals surface area contributed by atoms with Crippen LogP contribution in [0, 0.1) is 11.8 Å². The van der Waals surface area contributed by atoms with Crippen molar-refractivity contribution in [3.05, 3.63) is 48.5 Å². The number of nitrogens with zero attached hydrogens (tertiary/aromatic N) is 5. The van der Waals surface area contributed by atoms with Crippen LogP contribution in [0.5, 0.6) is 0 Å². The second-order valence-corrected chi connectivity index (χ2v) is 7.94. The van der Waals surface area contributed by atoms with Crippen LogP contribution in [0.4, 0.5) is 0 Å². The van der Waals surface area contributed by atoms with E-state index in [2.05, 4.69) is 43.4 Å². The van der Waals surface area contributed by atoms with Gasteiger partial charge in [-0.3, -0.25) is 9.59 Å². The zero-order valence-electron chi connectivity index (χ0n) is 18.2. The Morgan fingerprint density at radius 2 is 2.15 bits per heavy atom. The highest BCUT2D eigenvalue weighted by atomic mass is 16.2. The molecular weight excluding hydrogens is 418 g/mol. The number of carbonyl (C=O) groups is 2. The van der Waals surface area contributed by atoms with Gasteiger partial charge in [0.1, 0.15) is 11.7 Å². The molecule has 166 valence electrons. The third-order valence-corrected chi connectivity index (χ3v) is 5.92. The highest BCUT2D eigenvalue weighted by Gasteiger charge is 2.33. The third-order valence-electron chi connectivity index (χ3n) is 5.92. The second kappa shape index (κ2) is 8.74. The Kier molecular flexibility index (Phi) is 5.48. The van der Waals surface area contributed by atoms with Gasteiger partial charge in [0.15, 0.2) is 0 Å². The molecule has 1 aliphatic heterocycles. The number of aromatic nitrogens is 5. The van der Waals surface area contributed by atoms with E-state index in [0.717, 1.165) is 39.8 Å². The van der Waals surface area contributed by atoms with Crippen LogP contribution in [0.25, 0.3) is 27.7 Å². The molecule has 2 N–H and O–H groups in total. The maximum Gasteiger partial charge on any atom is 0.299 e. The number of pyridine rings is 1. The Bertz CT molecular complexity index is 1410. The maximum atomic E-state index is 12.7. The summed E-state index contributed by atoms with van der Waals surface area (Å²) in [5, 5.41) is 12.5. The van der Waals surface area contributed by atoms with Crippen LogP contribution in [0.1, 0.15) is 25.5 Å². The molecule has 0 radical (unpaired) electrons. The average Bonchev–Trinajstić information content (AvgIpc) is 3.56. The van der Waals surface area contributed by atoms with Gasteiger partial charge in [-0.25, -0.2) is 4.98 Å². The third kappa shape index (κ3) is 3.91. The van der Waals surface area contributed by atoms with E-state index in [9.17, 15) is 9.59 Å². The number of rotatable bonds is 5.